The zero-order valence-corrected chi connectivity index (χ0v) is 11.8. The van der Waals surface area contributed by atoms with Crippen LogP contribution < -0.4 is 16.0 Å². The summed E-state index contributed by atoms with van der Waals surface area (Å²) in [6.07, 6.45) is 3.01. The number of carbonyl (C=O) groups is 2. The number of nitrogens with one attached hydrogen (secondary N) is 1. The van der Waals surface area contributed by atoms with Crippen molar-refractivity contribution in [2.24, 2.45) is 5.73 Å². The molecule has 2 rings (SSSR count). The van der Waals surface area contributed by atoms with Crippen LogP contribution in [0.2, 0.25) is 0 Å². The van der Waals surface area contributed by atoms with Gasteiger partial charge in [-0.25, -0.2) is 0 Å². The zero-order valence-electron chi connectivity index (χ0n) is 11.8. The Morgan fingerprint density at radius 2 is 2.15 bits per heavy atom. The Morgan fingerprint density at radius 3 is 2.85 bits per heavy atom. The predicted molar refractivity (Wildman–Crippen MR) is 79.7 cm³/mol. The summed E-state index contributed by atoms with van der Waals surface area (Å²) in [6, 6.07) is 5.71. The summed E-state index contributed by atoms with van der Waals surface area (Å²) in [6.45, 7) is 2.91. The fourth-order valence-corrected chi connectivity index (χ4v) is 2.46. The van der Waals surface area contributed by atoms with Crippen LogP contribution in [0.4, 0.5) is 11.4 Å². The molecular weight excluding hydrogens is 254 g/mol. The highest BCUT2D eigenvalue weighted by Crippen LogP contribution is 2.30. The summed E-state index contributed by atoms with van der Waals surface area (Å²) in [5, 5.41) is 2.89. The molecular formula is C15H21N3O2. The molecule has 1 aromatic rings. The molecule has 0 aliphatic carbocycles. The van der Waals surface area contributed by atoms with Crippen molar-refractivity contribution in [3.05, 3.63) is 23.8 Å². The van der Waals surface area contributed by atoms with Crippen LogP contribution in [0.5, 0.6) is 0 Å². The second-order valence-electron chi connectivity index (χ2n) is 5.06. The third-order valence-electron chi connectivity index (χ3n) is 3.50. The monoisotopic (exact) mass is 275 g/mol. The average molecular weight is 275 g/mol. The number of nitrogens with two attached hydrogens (primary N) is 1. The highest BCUT2D eigenvalue weighted by molar-refractivity contribution is 5.95. The maximum absolute atomic E-state index is 11.7. The number of rotatable bonds is 5. The topological polar surface area (TPSA) is 75.4 Å². The van der Waals surface area contributed by atoms with Crippen LogP contribution >= 0.6 is 0 Å². The summed E-state index contributed by atoms with van der Waals surface area (Å²) in [7, 11) is 0. The minimum Gasteiger partial charge on any atom is -0.330 e. The normalized spacial score (nSPS) is 13.2. The van der Waals surface area contributed by atoms with E-state index in [1.807, 2.05) is 18.2 Å². The number of carbonyl (C=O) groups excluding carboxylic acids is 2. The van der Waals surface area contributed by atoms with E-state index in [1.165, 1.54) is 0 Å². The molecule has 1 aliphatic heterocycles. The second kappa shape index (κ2) is 6.52. The van der Waals surface area contributed by atoms with E-state index in [0.717, 1.165) is 42.7 Å². The molecule has 0 bridgehead atoms. The summed E-state index contributed by atoms with van der Waals surface area (Å²) in [5.41, 5.74) is 8.27. The molecule has 0 spiro atoms. The molecule has 0 atom stereocenters. The first-order valence-electron chi connectivity index (χ1n) is 7.03. The highest BCUT2D eigenvalue weighted by Gasteiger charge is 2.22. The van der Waals surface area contributed by atoms with Gasteiger partial charge in [0, 0.05) is 31.3 Å². The predicted octanol–water partition coefficient (Wildman–Crippen LogP) is 1.66. The second-order valence-corrected chi connectivity index (χ2v) is 5.06. The number of nitrogens with zero attached hydrogens (tertiary/aromatic N) is 1. The third-order valence-corrected chi connectivity index (χ3v) is 3.50. The highest BCUT2D eigenvalue weighted by atomic mass is 16.2. The number of fused-ring (bicyclic) bond motifs is 1. The van der Waals surface area contributed by atoms with E-state index in [1.54, 1.807) is 11.8 Å². The van der Waals surface area contributed by atoms with Gasteiger partial charge >= 0.3 is 0 Å². The number of amides is 2. The largest absolute Gasteiger partial charge is 0.330 e. The standard InChI is InChI=1S/C15H21N3O2/c1-11(19)18-9-7-12-10-13(5-6-14(12)18)17-15(20)4-2-3-8-16/h5-6,10H,2-4,7-9,16H2,1H3,(H,17,20). The molecule has 0 saturated heterocycles. The summed E-state index contributed by atoms with van der Waals surface area (Å²) < 4.78 is 0. The summed E-state index contributed by atoms with van der Waals surface area (Å²) in [4.78, 5) is 25.0. The lowest BCUT2D eigenvalue weighted by Crippen LogP contribution is -2.25. The van der Waals surface area contributed by atoms with Gasteiger partial charge in [0.2, 0.25) is 11.8 Å². The molecule has 2 amide bonds. The average Bonchev–Trinajstić information content (AvgIpc) is 2.82. The molecule has 20 heavy (non-hydrogen) atoms. The van der Waals surface area contributed by atoms with Crippen molar-refractivity contribution in [3.63, 3.8) is 0 Å². The maximum Gasteiger partial charge on any atom is 0.224 e. The van der Waals surface area contributed by atoms with E-state index in [0.29, 0.717) is 13.0 Å². The van der Waals surface area contributed by atoms with Gasteiger partial charge in [0.25, 0.3) is 0 Å². The van der Waals surface area contributed by atoms with E-state index in [-0.39, 0.29) is 11.8 Å². The number of benzene rings is 1. The number of unbranched alkanes of at least 4 members (excludes halogenated alkanes) is 1. The lowest BCUT2D eigenvalue weighted by molar-refractivity contribution is -0.117. The Labute approximate surface area is 119 Å². The Kier molecular flexibility index (Phi) is 4.74. The minimum absolute atomic E-state index is 0.0137. The van der Waals surface area contributed by atoms with E-state index < -0.39 is 0 Å². The quantitative estimate of drug-likeness (QED) is 0.802. The van der Waals surface area contributed by atoms with Crippen molar-refractivity contribution in [1.29, 1.82) is 0 Å². The summed E-state index contributed by atoms with van der Waals surface area (Å²) in [5.74, 6) is 0.0714. The molecule has 108 valence electrons. The van der Waals surface area contributed by atoms with E-state index >= 15 is 0 Å². The van der Waals surface area contributed by atoms with Crippen LogP contribution in [0.25, 0.3) is 0 Å². The van der Waals surface area contributed by atoms with Crippen LogP contribution in [0, 0.1) is 0 Å². The maximum atomic E-state index is 11.7. The lowest BCUT2D eigenvalue weighted by atomic mass is 10.1. The van der Waals surface area contributed by atoms with Gasteiger partial charge in [-0.1, -0.05) is 0 Å². The molecule has 0 unspecified atom stereocenters. The number of hydrogen-bond acceptors (Lipinski definition) is 3. The van der Waals surface area contributed by atoms with Gasteiger partial charge in [0.15, 0.2) is 0 Å². The number of hydrogen-bond donors (Lipinski definition) is 2. The zero-order chi connectivity index (χ0) is 14.5. The van der Waals surface area contributed by atoms with Crippen LogP contribution in [0.15, 0.2) is 18.2 Å². The molecule has 3 N–H and O–H groups in total. The SMILES string of the molecule is CC(=O)N1CCc2cc(NC(=O)CCCCN)ccc21. The molecule has 0 aromatic heterocycles. The van der Waals surface area contributed by atoms with Crippen LogP contribution in [0.3, 0.4) is 0 Å². The Morgan fingerprint density at radius 1 is 1.35 bits per heavy atom. The van der Waals surface area contributed by atoms with Crippen LogP contribution in [0.1, 0.15) is 31.7 Å². The lowest BCUT2D eigenvalue weighted by Gasteiger charge is -2.15. The van der Waals surface area contributed by atoms with Gasteiger partial charge < -0.3 is 16.0 Å². The van der Waals surface area contributed by atoms with Crippen molar-refractivity contribution in [1.82, 2.24) is 0 Å². The van der Waals surface area contributed by atoms with Crippen molar-refractivity contribution >= 4 is 23.2 Å². The minimum atomic E-state index is 0.0137. The molecule has 0 saturated carbocycles. The van der Waals surface area contributed by atoms with Crippen LogP contribution in [-0.4, -0.2) is 24.9 Å². The van der Waals surface area contributed by atoms with Crippen molar-refractivity contribution < 1.29 is 9.59 Å². The Balaban J connectivity index is 1.98. The van der Waals surface area contributed by atoms with Gasteiger partial charge in [-0.05, 0) is 49.6 Å². The first-order valence-corrected chi connectivity index (χ1v) is 7.03. The van der Waals surface area contributed by atoms with Gasteiger partial charge in [-0.3, -0.25) is 9.59 Å². The van der Waals surface area contributed by atoms with Gasteiger partial charge in [0.05, 0.1) is 0 Å². The number of anilines is 2. The van der Waals surface area contributed by atoms with Crippen molar-refractivity contribution in [2.75, 3.05) is 23.3 Å². The fraction of sp³-hybridized carbons (Fsp3) is 0.467. The van der Waals surface area contributed by atoms with E-state index in [4.69, 9.17) is 5.73 Å². The molecule has 1 aliphatic rings. The smallest absolute Gasteiger partial charge is 0.224 e. The first kappa shape index (κ1) is 14.5. The van der Waals surface area contributed by atoms with Gasteiger partial charge in [-0.15, -0.1) is 0 Å². The van der Waals surface area contributed by atoms with Crippen LogP contribution in [-0.2, 0) is 16.0 Å². The molecule has 5 nitrogen and oxygen atoms in total. The fourth-order valence-electron chi connectivity index (χ4n) is 2.46. The Hall–Kier alpha value is -1.88. The first-order chi connectivity index (χ1) is 9.61. The summed E-state index contributed by atoms with van der Waals surface area (Å²) >= 11 is 0. The van der Waals surface area contributed by atoms with E-state index in [9.17, 15) is 9.59 Å². The van der Waals surface area contributed by atoms with E-state index in [2.05, 4.69) is 5.32 Å². The third kappa shape index (κ3) is 3.36. The molecule has 1 aromatic carbocycles. The Bertz CT molecular complexity index is 514. The molecule has 1 heterocycles. The molecule has 5 heteroatoms. The van der Waals surface area contributed by atoms with Gasteiger partial charge in [-0.2, -0.15) is 0 Å². The van der Waals surface area contributed by atoms with Gasteiger partial charge in [0.1, 0.15) is 0 Å². The van der Waals surface area contributed by atoms with Crippen molar-refractivity contribution in [2.45, 2.75) is 32.6 Å². The molecule has 0 radical (unpaired) electrons. The van der Waals surface area contributed by atoms with Crippen molar-refractivity contribution in [3.8, 4) is 0 Å². The molecule has 0 fully saturated rings.